The van der Waals surface area contributed by atoms with Crippen molar-refractivity contribution in [3.63, 3.8) is 0 Å². The molecule has 140 valence electrons. The monoisotopic (exact) mass is 356 g/mol. The molecule has 1 unspecified atom stereocenters. The lowest BCUT2D eigenvalue weighted by atomic mass is 9.99. The highest BCUT2D eigenvalue weighted by atomic mass is 16.1. The van der Waals surface area contributed by atoms with Gasteiger partial charge in [0.25, 0.3) is 0 Å². The first-order chi connectivity index (χ1) is 12.8. The summed E-state index contributed by atoms with van der Waals surface area (Å²) in [5.41, 5.74) is 0. The quantitative estimate of drug-likeness (QED) is 0.736. The van der Waals surface area contributed by atoms with E-state index in [1.807, 2.05) is 12.3 Å². The van der Waals surface area contributed by atoms with Crippen LogP contribution in [0.2, 0.25) is 0 Å². The van der Waals surface area contributed by atoms with Crippen molar-refractivity contribution in [3.05, 3.63) is 31.0 Å². The largest absolute Gasteiger partial charge is 0.356 e. The van der Waals surface area contributed by atoms with Crippen LogP contribution in [0.4, 0.5) is 5.82 Å². The molecule has 0 aliphatic carbocycles. The molecule has 26 heavy (non-hydrogen) atoms. The number of amides is 1. The molecule has 2 aromatic heterocycles. The molecule has 1 saturated heterocycles. The molecular formula is C19H28N6O. The molecule has 0 bridgehead atoms. The molecule has 0 spiro atoms. The van der Waals surface area contributed by atoms with E-state index < -0.39 is 0 Å². The van der Waals surface area contributed by atoms with Crippen LogP contribution >= 0.6 is 0 Å². The Hall–Kier alpha value is -2.44. The van der Waals surface area contributed by atoms with Gasteiger partial charge in [0.05, 0.1) is 0 Å². The summed E-state index contributed by atoms with van der Waals surface area (Å²) >= 11 is 0. The molecule has 1 fully saturated rings. The Morgan fingerprint density at radius 1 is 1.31 bits per heavy atom. The number of unbranched alkanes of at least 4 members (excludes halogenated alkanes) is 2. The molecule has 0 saturated carbocycles. The molecule has 3 heterocycles. The van der Waals surface area contributed by atoms with Crippen LogP contribution < -0.4 is 10.2 Å². The van der Waals surface area contributed by atoms with E-state index in [-0.39, 0.29) is 11.9 Å². The summed E-state index contributed by atoms with van der Waals surface area (Å²) in [5.74, 6) is 1.63. The Bertz CT molecular complexity index is 687. The van der Waals surface area contributed by atoms with Gasteiger partial charge in [-0.25, -0.2) is 9.97 Å². The summed E-state index contributed by atoms with van der Waals surface area (Å²) in [4.78, 5) is 27.7. The van der Waals surface area contributed by atoms with Gasteiger partial charge in [0.15, 0.2) is 0 Å². The van der Waals surface area contributed by atoms with Gasteiger partial charge < -0.3 is 10.2 Å². The Balaban J connectivity index is 1.65. The molecule has 7 heteroatoms. The zero-order valence-electron chi connectivity index (χ0n) is 15.5. The minimum absolute atomic E-state index is 0.141. The van der Waals surface area contributed by atoms with Crippen LogP contribution in [0.5, 0.6) is 0 Å². The van der Waals surface area contributed by atoms with Gasteiger partial charge in [-0.15, -0.1) is 0 Å². The third-order valence-electron chi connectivity index (χ3n) is 4.81. The number of nitrogens with one attached hydrogen (secondary N) is 1. The molecule has 0 radical (unpaired) electrons. The first-order valence-electron chi connectivity index (χ1n) is 9.62. The highest BCUT2D eigenvalue weighted by Gasteiger charge is 2.26. The fraction of sp³-hybridized carbons (Fsp3) is 0.579. The summed E-state index contributed by atoms with van der Waals surface area (Å²) in [6, 6.07) is 2.12. The van der Waals surface area contributed by atoms with E-state index >= 15 is 0 Å². The topological polar surface area (TPSA) is 75.9 Å². The minimum atomic E-state index is 0.141. The third kappa shape index (κ3) is 4.80. The van der Waals surface area contributed by atoms with Crippen LogP contribution in [0.25, 0.3) is 5.95 Å². The Morgan fingerprint density at radius 2 is 2.23 bits per heavy atom. The lowest BCUT2D eigenvalue weighted by Crippen LogP contribution is -2.43. The van der Waals surface area contributed by atoms with Gasteiger partial charge >= 0.3 is 0 Å². The van der Waals surface area contributed by atoms with Gasteiger partial charge in [-0.1, -0.05) is 19.8 Å². The van der Waals surface area contributed by atoms with Gasteiger partial charge in [-0.3, -0.25) is 9.36 Å². The number of hydrogen-bond acceptors (Lipinski definition) is 5. The molecule has 1 N–H and O–H groups in total. The fourth-order valence-electron chi connectivity index (χ4n) is 3.40. The second-order valence-electron chi connectivity index (χ2n) is 6.79. The number of hydrogen-bond donors (Lipinski definition) is 1. The maximum absolute atomic E-state index is 12.3. The van der Waals surface area contributed by atoms with Crippen molar-refractivity contribution in [2.45, 2.75) is 57.9 Å². The predicted octanol–water partition coefficient (Wildman–Crippen LogP) is 2.72. The van der Waals surface area contributed by atoms with Crippen molar-refractivity contribution in [1.82, 2.24) is 24.8 Å². The predicted molar refractivity (Wildman–Crippen MR) is 101 cm³/mol. The average Bonchev–Trinajstić information content (AvgIpc) is 3.21. The molecule has 7 nitrogen and oxygen atoms in total. The highest BCUT2D eigenvalue weighted by Crippen LogP contribution is 2.25. The summed E-state index contributed by atoms with van der Waals surface area (Å²) in [7, 11) is 0. The SMILES string of the molecule is CCCCCNC(=O)CC1CCCCN1c1ccnc(-n2ccnc2)n1. The number of rotatable bonds is 8. The van der Waals surface area contributed by atoms with E-state index in [0.29, 0.717) is 12.4 Å². The van der Waals surface area contributed by atoms with Crippen molar-refractivity contribution in [1.29, 1.82) is 0 Å². The van der Waals surface area contributed by atoms with E-state index in [9.17, 15) is 4.79 Å². The van der Waals surface area contributed by atoms with E-state index in [1.165, 1.54) is 6.42 Å². The number of anilines is 1. The molecule has 3 rings (SSSR count). The van der Waals surface area contributed by atoms with Crippen molar-refractivity contribution >= 4 is 11.7 Å². The third-order valence-corrected chi connectivity index (χ3v) is 4.81. The Kier molecular flexibility index (Phi) is 6.57. The van der Waals surface area contributed by atoms with Gasteiger partial charge in [0.1, 0.15) is 12.1 Å². The molecule has 1 aliphatic heterocycles. The minimum Gasteiger partial charge on any atom is -0.356 e. The summed E-state index contributed by atoms with van der Waals surface area (Å²) < 4.78 is 1.79. The van der Waals surface area contributed by atoms with Gasteiger partial charge in [-0.05, 0) is 31.7 Å². The molecule has 1 atom stereocenters. The maximum Gasteiger partial charge on any atom is 0.236 e. The zero-order valence-corrected chi connectivity index (χ0v) is 15.5. The van der Waals surface area contributed by atoms with Crippen molar-refractivity contribution < 1.29 is 4.79 Å². The van der Waals surface area contributed by atoms with Crippen LogP contribution in [0, 0.1) is 0 Å². The Morgan fingerprint density at radius 3 is 3.04 bits per heavy atom. The summed E-state index contributed by atoms with van der Waals surface area (Å²) in [5, 5.41) is 3.06. The van der Waals surface area contributed by atoms with E-state index in [4.69, 9.17) is 0 Å². The second-order valence-corrected chi connectivity index (χ2v) is 6.79. The highest BCUT2D eigenvalue weighted by molar-refractivity contribution is 5.77. The summed E-state index contributed by atoms with van der Waals surface area (Å²) in [6.07, 6.45) is 14.2. The molecule has 2 aromatic rings. The summed E-state index contributed by atoms with van der Waals surface area (Å²) in [6.45, 7) is 3.87. The molecule has 1 aliphatic rings. The first-order valence-corrected chi connectivity index (χ1v) is 9.62. The van der Waals surface area contributed by atoms with Gasteiger partial charge in [-0.2, -0.15) is 4.98 Å². The maximum atomic E-state index is 12.3. The number of nitrogens with zero attached hydrogens (tertiary/aromatic N) is 5. The van der Waals surface area contributed by atoms with Crippen molar-refractivity contribution in [3.8, 4) is 5.95 Å². The van der Waals surface area contributed by atoms with Crippen LogP contribution in [0.3, 0.4) is 0 Å². The lowest BCUT2D eigenvalue weighted by Gasteiger charge is -2.36. The van der Waals surface area contributed by atoms with E-state index in [0.717, 1.165) is 51.0 Å². The number of carbonyl (C=O) groups excluding carboxylic acids is 1. The number of carbonyl (C=O) groups is 1. The lowest BCUT2D eigenvalue weighted by molar-refractivity contribution is -0.121. The molecular weight excluding hydrogens is 328 g/mol. The smallest absolute Gasteiger partial charge is 0.236 e. The second kappa shape index (κ2) is 9.31. The van der Waals surface area contributed by atoms with Crippen LogP contribution in [0.15, 0.2) is 31.0 Å². The molecule has 0 aromatic carbocycles. The van der Waals surface area contributed by atoms with Gasteiger partial charge in [0, 0.05) is 44.1 Å². The fourth-order valence-corrected chi connectivity index (χ4v) is 3.40. The van der Waals surface area contributed by atoms with Crippen LogP contribution in [0.1, 0.15) is 51.9 Å². The zero-order chi connectivity index (χ0) is 18.2. The number of aromatic nitrogens is 4. The van der Waals surface area contributed by atoms with Crippen molar-refractivity contribution in [2.24, 2.45) is 0 Å². The van der Waals surface area contributed by atoms with E-state index in [2.05, 4.69) is 32.1 Å². The normalized spacial score (nSPS) is 17.3. The molecule has 1 amide bonds. The number of imidazole rings is 1. The Labute approximate surface area is 154 Å². The number of piperidine rings is 1. The van der Waals surface area contributed by atoms with E-state index in [1.54, 1.807) is 23.3 Å². The average molecular weight is 356 g/mol. The van der Waals surface area contributed by atoms with Crippen molar-refractivity contribution in [2.75, 3.05) is 18.0 Å². The standard InChI is InChI=1S/C19H28N6O/c1-2-3-5-9-21-18(26)14-16-7-4-6-12-25(16)17-8-10-22-19(23-17)24-13-11-20-15-24/h8,10-11,13,15-16H,2-7,9,12,14H2,1H3,(H,21,26). The van der Waals surface area contributed by atoms with Gasteiger partial charge in [0.2, 0.25) is 11.9 Å². The van der Waals surface area contributed by atoms with Crippen LogP contribution in [-0.4, -0.2) is 44.6 Å². The first kappa shape index (κ1) is 18.4. The van der Waals surface area contributed by atoms with Crippen LogP contribution in [-0.2, 0) is 4.79 Å².